The summed E-state index contributed by atoms with van der Waals surface area (Å²) in [7, 11) is 0. The van der Waals surface area contributed by atoms with Crippen LogP contribution in [0.5, 0.6) is 5.88 Å². The lowest BCUT2D eigenvalue weighted by molar-refractivity contribution is 0.209. The van der Waals surface area contributed by atoms with Gasteiger partial charge in [0.25, 0.3) is 0 Å². The predicted octanol–water partition coefficient (Wildman–Crippen LogP) is 2.20. The van der Waals surface area contributed by atoms with Gasteiger partial charge in [-0.25, -0.2) is 4.98 Å². The minimum Gasteiger partial charge on any atom is -0.473 e. The van der Waals surface area contributed by atoms with Crippen molar-refractivity contribution in [3.8, 4) is 5.88 Å². The van der Waals surface area contributed by atoms with Crippen molar-refractivity contribution in [2.75, 3.05) is 5.73 Å². The monoisotopic (exact) mass is 215 g/mol. The first-order chi connectivity index (χ1) is 6.54. The Kier molecular flexibility index (Phi) is 3.52. The van der Waals surface area contributed by atoms with Crippen molar-refractivity contribution in [3.05, 3.63) is 11.0 Å². The van der Waals surface area contributed by atoms with Crippen LogP contribution in [0, 0.1) is 6.92 Å². The van der Waals surface area contributed by atoms with Gasteiger partial charge in [-0.3, -0.25) is 0 Å². The third kappa shape index (κ3) is 2.48. The normalized spacial score (nSPS) is 12.6. The quantitative estimate of drug-likeness (QED) is 0.786. The maximum absolute atomic E-state index is 5.75. The molecule has 0 aromatic carbocycles. The average Bonchev–Trinajstić information content (AvgIpc) is 2.13. The van der Waals surface area contributed by atoms with E-state index in [0.717, 1.165) is 6.42 Å². The molecule has 2 N–H and O–H groups in total. The van der Waals surface area contributed by atoms with Gasteiger partial charge >= 0.3 is 0 Å². The lowest BCUT2D eigenvalue weighted by Crippen LogP contribution is -2.13. The van der Waals surface area contributed by atoms with Crippen molar-refractivity contribution in [1.29, 1.82) is 0 Å². The van der Waals surface area contributed by atoms with E-state index in [1.54, 1.807) is 6.92 Å². The van der Waals surface area contributed by atoms with Crippen molar-refractivity contribution >= 4 is 17.3 Å². The molecule has 5 heteroatoms. The molecule has 1 rings (SSSR count). The van der Waals surface area contributed by atoms with Crippen LogP contribution in [-0.2, 0) is 0 Å². The van der Waals surface area contributed by atoms with E-state index in [-0.39, 0.29) is 11.4 Å². The van der Waals surface area contributed by atoms with E-state index in [4.69, 9.17) is 22.1 Å². The molecule has 0 spiro atoms. The maximum Gasteiger partial charge on any atom is 0.242 e. The standard InChI is InChI=1S/C9H14ClN3O/c1-4-5(2)14-8-7(11)6(3)12-9(10)13-8/h5H,4,11H2,1-3H3. The molecule has 1 aromatic heterocycles. The summed E-state index contributed by atoms with van der Waals surface area (Å²) in [5.74, 6) is 0.372. The Hall–Kier alpha value is -1.03. The maximum atomic E-state index is 5.75. The highest BCUT2D eigenvalue weighted by Crippen LogP contribution is 2.24. The number of hydrogen-bond acceptors (Lipinski definition) is 4. The number of nitrogens with zero attached hydrogens (tertiary/aromatic N) is 2. The fourth-order valence-electron chi connectivity index (χ4n) is 0.886. The molecular weight excluding hydrogens is 202 g/mol. The molecule has 4 nitrogen and oxygen atoms in total. The minimum atomic E-state index is 0.0719. The van der Waals surface area contributed by atoms with Crippen LogP contribution in [-0.4, -0.2) is 16.1 Å². The summed E-state index contributed by atoms with van der Waals surface area (Å²) in [4.78, 5) is 7.84. The fourth-order valence-corrected chi connectivity index (χ4v) is 1.09. The largest absolute Gasteiger partial charge is 0.473 e. The molecule has 0 fully saturated rings. The van der Waals surface area contributed by atoms with Crippen LogP contribution in [0.2, 0.25) is 5.28 Å². The third-order valence-electron chi connectivity index (χ3n) is 1.96. The van der Waals surface area contributed by atoms with Crippen LogP contribution in [0.3, 0.4) is 0 Å². The summed E-state index contributed by atoms with van der Waals surface area (Å²) in [6, 6.07) is 0. The topological polar surface area (TPSA) is 61.0 Å². The van der Waals surface area contributed by atoms with Crippen molar-refractivity contribution in [2.45, 2.75) is 33.3 Å². The highest BCUT2D eigenvalue weighted by atomic mass is 35.5. The molecule has 14 heavy (non-hydrogen) atoms. The Balaban J connectivity index is 2.96. The molecule has 1 atom stereocenters. The van der Waals surface area contributed by atoms with Crippen molar-refractivity contribution < 1.29 is 4.74 Å². The second-order valence-corrected chi connectivity index (χ2v) is 3.47. The minimum absolute atomic E-state index is 0.0719. The number of anilines is 1. The molecule has 0 saturated carbocycles. The lowest BCUT2D eigenvalue weighted by Gasteiger charge is -2.13. The van der Waals surface area contributed by atoms with Crippen LogP contribution >= 0.6 is 11.6 Å². The third-order valence-corrected chi connectivity index (χ3v) is 2.13. The number of aryl methyl sites for hydroxylation is 1. The van der Waals surface area contributed by atoms with Crippen LogP contribution in [0.1, 0.15) is 26.0 Å². The second kappa shape index (κ2) is 4.46. The van der Waals surface area contributed by atoms with E-state index in [9.17, 15) is 0 Å². The molecule has 0 radical (unpaired) electrons. The summed E-state index contributed by atoms with van der Waals surface area (Å²) < 4.78 is 5.50. The summed E-state index contributed by atoms with van der Waals surface area (Å²) in [5, 5.41) is 0.162. The van der Waals surface area contributed by atoms with E-state index in [1.165, 1.54) is 0 Å². The van der Waals surface area contributed by atoms with Gasteiger partial charge in [0.1, 0.15) is 5.69 Å². The highest BCUT2D eigenvalue weighted by Gasteiger charge is 2.11. The van der Waals surface area contributed by atoms with Gasteiger partial charge in [-0.1, -0.05) is 6.92 Å². The first-order valence-electron chi connectivity index (χ1n) is 4.50. The molecule has 0 aliphatic heterocycles. The number of aromatic nitrogens is 2. The van der Waals surface area contributed by atoms with Crippen LogP contribution in [0.15, 0.2) is 0 Å². The predicted molar refractivity (Wildman–Crippen MR) is 56.6 cm³/mol. The summed E-state index contributed by atoms with van der Waals surface area (Å²) in [5.41, 5.74) is 6.84. The number of halogens is 1. The van der Waals surface area contributed by atoms with Gasteiger partial charge in [0.05, 0.1) is 11.8 Å². The van der Waals surface area contributed by atoms with Gasteiger partial charge < -0.3 is 10.5 Å². The van der Waals surface area contributed by atoms with E-state index >= 15 is 0 Å². The van der Waals surface area contributed by atoms with Gasteiger partial charge in [-0.15, -0.1) is 0 Å². The molecule has 0 amide bonds. The fraction of sp³-hybridized carbons (Fsp3) is 0.556. The number of rotatable bonds is 3. The summed E-state index contributed by atoms with van der Waals surface area (Å²) in [6.45, 7) is 5.74. The van der Waals surface area contributed by atoms with Gasteiger partial charge in [0.2, 0.25) is 11.2 Å². The summed E-state index contributed by atoms with van der Waals surface area (Å²) in [6.07, 6.45) is 0.961. The summed E-state index contributed by atoms with van der Waals surface area (Å²) >= 11 is 5.69. The number of hydrogen-bond donors (Lipinski definition) is 1. The zero-order chi connectivity index (χ0) is 10.7. The Morgan fingerprint density at radius 2 is 2.14 bits per heavy atom. The molecule has 0 aliphatic carbocycles. The van der Waals surface area contributed by atoms with Gasteiger partial charge in [0, 0.05) is 0 Å². The Morgan fingerprint density at radius 1 is 1.50 bits per heavy atom. The molecule has 0 bridgehead atoms. The van der Waals surface area contributed by atoms with E-state index in [1.807, 2.05) is 13.8 Å². The van der Waals surface area contributed by atoms with Gasteiger partial charge in [0.15, 0.2) is 0 Å². The molecule has 78 valence electrons. The Morgan fingerprint density at radius 3 is 2.71 bits per heavy atom. The van der Waals surface area contributed by atoms with E-state index in [2.05, 4.69) is 9.97 Å². The smallest absolute Gasteiger partial charge is 0.242 e. The van der Waals surface area contributed by atoms with Crippen LogP contribution in [0.25, 0.3) is 0 Å². The first kappa shape index (κ1) is 11.0. The van der Waals surface area contributed by atoms with Crippen molar-refractivity contribution in [2.24, 2.45) is 0 Å². The number of nitrogens with two attached hydrogens (primary N) is 1. The zero-order valence-electron chi connectivity index (χ0n) is 8.54. The van der Waals surface area contributed by atoms with E-state index < -0.39 is 0 Å². The highest BCUT2D eigenvalue weighted by molar-refractivity contribution is 6.28. The molecule has 0 saturated heterocycles. The SMILES string of the molecule is CCC(C)Oc1nc(Cl)nc(C)c1N. The molecule has 1 unspecified atom stereocenters. The van der Waals surface area contributed by atoms with Crippen molar-refractivity contribution in [3.63, 3.8) is 0 Å². The molecule has 0 aliphatic rings. The zero-order valence-corrected chi connectivity index (χ0v) is 9.30. The van der Waals surface area contributed by atoms with Gasteiger partial charge in [-0.2, -0.15) is 4.98 Å². The molecule has 1 aromatic rings. The second-order valence-electron chi connectivity index (χ2n) is 3.13. The first-order valence-corrected chi connectivity index (χ1v) is 4.88. The van der Waals surface area contributed by atoms with Crippen LogP contribution < -0.4 is 10.5 Å². The van der Waals surface area contributed by atoms with Gasteiger partial charge in [-0.05, 0) is 31.9 Å². The average molecular weight is 216 g/mol. The molecular formula is C9H14ClN3O. The number of ether oxygens (including phenoxy) is 1. The lowest BCUT2D eigenvalue weighted by atomic mass is 10.3. The van der Waals surface area contributed by atoms with Crippen molar-refractivity contribution in [1.82, 2.24) is 9.97 Å². The Bertz CT molecular complexity index is 330. The molecule has 1 heterocycles. The Labute approximate surface area is 88.5 Å². The number of nitrogen functional groups attached to an aromatic ring is 1. The van der Waals surface area contributed by atoms with E-state index in [0.29, 0.717) is 17.3 Å². The van der Waals surface area contributed by atoms with Crippen LogP contribution in [0.4, 0.5) is 5.69 Å².